The molecule has 2 fully saturated rings. The zero-order valence-corrected chi connectivity index (χ0v) is 12.6. The minimum absolute atomic E-state index is 0.194. The van der Waals surface area contributed by atoms with Crippen molar-refractivity contribution < 1.29 is 23.3 Å². The van der Waals surface area contributed by atoms with E-state index in [-0.39, 0.29) is 12.2 Å². The second kappa shape index (κ2) is 6.46. The lowest BCUT2D eigenvalue weighted by Gasteiger charge is -2.26. The van der Waals surface area contributed by atoms with Gasteiger partial charge in [-0.3, -0.25) is 0 Å². The van der Waals surface area contributed by atoms with Crippen LogP contribution in [0.3, 0.4) is 0 Å². The zero-order valence-electron chi connectivity index (χ0n) is 12.6. The lowest BCUT2D eigenvalue weighted by Crippen LogP contribution is -2.38. The van der Waals surface area contributed by atoms with Gasteiger partial charge in [0.15, 0.2) is 12.1 Å². The lowest BCUT2D eigenvalue weighted by atomic mass is 10.1. The van der Waals surface area contributed by atoms with Crippen LogP contribution in [-0.4, -0.2) is 37.1 Å². The predicted octanol–water partition coefficient (Wildman–Crippen LogP) is 2.97. The maximum absolute atomic E-state index is 13.1. The molecule has 1 aromatic rings. The highest BCUT2D eigenvalue weighted by atomic mass is 19.1. The Balaban J connectivity index is 1.69. The minimum Gasteiger partial charge on any atom is -0.368 e. The van der Waals surface area contributed by atoms with Crippen molar-refractivity contribution in [2.45, 2.75) is 50.3 Å². The lowest BCUT2D eigenvalue weighted by molar-refractivity contribution is -0.233. The molecule has 0 amide bonds. The number of rotatable bonds is 6. The van der Waals surface area contributed by atoms with E-state index in [1.54, 1.807) is 13.0 Å². The van der Waals surface area contributed by atoms with Crippen molar-refractivity contribution in [1.82, 2.24) is 0 Å². The van der Waals surface area contributed by atoms with Crippen LogP contribution in [0.4, 0.5) is 4.39 Å². The van der Waals surface area contributed by atoms with Gasteiger partial charge >= 0.3 is 0 Å². The minimum atomic E-state index is -1.25. The molecule has 2 aliphatic heterocycles. The fraction of sp³-hybridized carbons (Fsp3) is 0.529. The van der Waals surface area contributed by atoms with Crippen LogP contribution in [0.25, 0.3) is 0 Å². The first-order chi connectivity index (χ1) is 10.6. The van der Waals surface area contributed by atoms with Crippen molar-refractivity contribution in [1.29, 1.82) is 0 Å². The van der Waals surface area contributed by atoms with Gasteiger partial charge in [0.05, 0.1) is 12.7 Å². The fourth-order valence-corrected chi connectivity index (χ4v) is 2.86. The summed E-state index contributed by atoms with van der Waals surface area (Å²) >= 11 is 0. The molecule has 2 heterocycles. The van der Waals surface area contributed by atoms with E-state index in [0.717, 1.165) is 5.56 Å². The molecule has 4 nitrogen and oxygen atoms in total. The summed E-state index contributed by atoms with van der Waals surface area (Å²) in [5.41, 5.74) is 1.07. The van der Waals surface area contributed by atoms with Gasteiger partial charge in [0, 0.05) is 0 Å². The third-order valence-corrected chi connectivity index (χ3v) is 3.95. The summed E-state index contributed by atoms with van der Waals surface area (Å²) < 4.78 is 36.1. The molecule has 0 N–H and O–H groups in total. The smallest absolute Gasteiger partial charge is 0.197 e. The quantitative estimate of drug-likeness (QED) is 0.757. The van der Waals surface area contributed by atoms with Gasteiger partial charge < -0.3 is 18.9 Å². The van der Waals surface area contributed by atoms with Crippen LogP contribution in [0.15, 0.2) is 43.0 Å². The number of ether oxygens (including phenoxy) is 4. The molecule has 0 aliphatic carbocycles. The van der Waals surface area contributed by atoms with Crippen LogP contribution in [0.1, 0.15) is 18.9 Å². The van der Waals surface area contributed by atoms with E-state index in [9.17, 15) is 4.39 Å². The molecule has 1 aromatic carbocycles. The Morgan fingerprint density at radius 2 is 2.09 bits per heavy atom. The molecule has 0 spiro atoms. The van der Waals surface area contributed by atoms with Crippen molar-refractivity contribution in [3.05, 3.63) is 48.6 Å². The maximum atomic E-state index is 13.1. The molecule has 5 atom stereocenters. The Hall–Kier alpha value is -1.27. The average Bonchev–Trinajstić information content (AvgIpc) is 3.01. The highest BCUT2D eigenvalue weighted by Gasteiger charge is 2.56. The van der Waals surface area contributed by atoms with Gasteiger partial charge in [-0.1, -0.05) is 36.4 Å². The third kappa shape index (κ3) is 3.08. The number of fused-ring (bicyclic) bond motifs is 1. The molecule has 3 rings (SSSR count). The van der Waals surface area contributed by atoms with Crippen molar-refractivity contribution in [2.75, 3.05) is 6.67 Å². The summed E-state index contributed by atoms with van der Waals surface area (Å²) in [6.07, 6.45) is 0.891. The summed E-state index contributed by atoms with van der Waals surface area (Å²) in [6, 6.07) is 9.87. The van der Waals surface area contributed by atoms with Gasteiger partial charge in [-0.05, 0) is 18.9 Å². The van der Waals surface area contributed by atoms with E-state index in [4.69, 9.17) is 18.9 Å². The van der Waals surface area contributed by atoms with Gasteiger partial charge in [0.2, 0.25) is 0 Å². The second-order valence-corrected chi connectivity index (χ2v) is 5.80. The molecule has 0 bridgehead atoms. The summed E-state index contributed by atoms with van der Waals surface area (Å²) in [7, 11) is 0. The Kier molecular flexibility index (Phi) is 4.59. The van der Waals surface area contributed by atoms with E-state index >= 15 is 0 Å². The van der Waals surface area contributed by atoms with Crippen molar-refractivity contribution in [2.24, 2.45) is 0 Å². The van der Waals surface area contributed by atoms with Crippen LogP contribution < -0.4 is 0 Å². The van der Waals surface area contributed by atoms with Crippen LogP contribution >= 0.6 is 0 Å². The molecule has 1 unspecified atom stereocenters. The first-order valence-electron chi connectivity index (χ1n) is 7.49. The Bertz CT molecular complexity index is 509. The monoisotopic (exact) mass is 308 g/mol. The van der Waals surface area contributed by atoms with Gasteiger partial charge in [-0.15, -0.1) is 6.58 Å². The van der Waals surface area contributed by atoms with Crippen molar-refractivity contribution in [3.8, 4) is 0 Å². The van der Waals surface area contributed by atoms with Gasteiger partial charge in [-0.2, -0.15) is 0 Å². The summed E-state index contributed by atoms with van der Waals surface area (Å²) in [5, 5.41) is 0. The summed E-state index contributed by atoms with van der Waals surface area (Å²) in [5.74, 6) is -1.25. The Morgan fingerprint density at radius 1 is 1.32 bits per heavy atom. The zero-order chi connectivity index (χ0) is 15.6. The predicted molar refractivity (Wildman–Crippen MR) is 78.8 cm³/mol. The van der Waals surface area contributed by atoms with Crippen molar-refractivity contribution in [3.63, 3.8) is 0 Å². The first kappa shape index (κ1) is 15.6. The van der Waals surface area contributed by atoms with Gasteiger partial charge in [0.1, 0.15) is 18.9 Å². The van der Waals surface area contributed by atoms with E-state index in [0.29, 0.717) is 13.0 Å². The highest BCUT2D eigenvalue weighted by Crippen LogP contribution is 2.40. The number of benzene rings is 1. The molecule has 120 valence electrons. The number of halogens is 1. The average molecular weight is 308 g/mol. The number of hydrogen-bond donors (Lipinski definition) is 0. The molecule has 0 radical (unpaired) electrons. The van der Waals surface area contributed by atoms with E-state index < -0.39 is 24.9 Å². The van der Waals surface area contributed by atoms with Crippen molar-refractivity contribution >= 4 is 0 Å². The summed E-state index contributed by atoms with van der Waals surface area (Å²) in [6.45, 7) is 5.04. The Labute approximate surface area is 129 Å². The summed E-state index contributed by atoms with van der Waals surface area (Å²) in [4.78, 5) is 0. The molecule has 0 saturated carbocycles. The molecule has 5 heteroatoms. The normalized spacial score (nSPS) is 37.2. The number of alkyl halides is 1. The van der Waals surface area contributed by atoms with E-state index in [1.165, 1.54) is 0 Å². The molecule has 2 aliphatic rings. The largest absolute Gasteiger partial charge is 0.368 e. The van der Waals surface area contributed by atoms with E-state index in [1.807, 2.05) is 30.3 Å². The van der Waals surface area contributed by atoms with Gasteiger partial charge in [-0.25, -0.2) is 4.39 Å². The topological polar surface area (TPSA) is 36.9 Å². The third-order valence-electron chi connectivity index (χ3n) is 3.95. The highest BCUT2D eigenvalue weighted by molar-refractivity contribution is 5.13. The second-order valence-electron chi connectivity index (χ2n) is 5.80. The van der Waals surface area contributed by atoms with E-state index in [2.05, 4.69) is 6.58 Å². The number of hydrogen-bond acceptors (Lipinski definition) is 4. The molecular weight excluding hydrogens is 287 g/mol. The van der Waals surface area contributed by atoms with Crippen LogP contribution in [-0.2, 0) is 25.6 Å². The van der Waals surface area contributed by atoms with Gasteiger partial charge in [0.25, 0.3) is 0 Å². The molecule has 2 saturated heterocycles. The molecular formula is C17H21FO4. The Morgan fingerprint density at radius 3 is 2.77 bits per heavy atom. The SMILES string of the molecule is C=CC[C@H]1O[C@@H]2OC(C)(CF)O[C@@H]2[C@H]1OCc1ccccc1. The van der Waals surface area contributed by atoms with Crippen LogP contribution in [0, 0.1) is 0 Å². The van der Waals surface area contributed by atoms with Crippen LogP contribution in [0.5, 0.6) is 0 Å². The fourth-order valence-electron chi connectivity index (χ4n) is 2.86. The maximum Gasteiger partial charge on any atom is 0.197 e. The molecule has 22 heavy (non-hydrogen) atoms. The van der Waals surface area contributed by atoms with Crippen LogP contribution in [0.2, 0.25) is 0 Å². The first-order valence-corrected chi connectivity index (χ1v) is 7.49. The molecule has 0 aromatic heterocycles. The standard InChI is InChI=1S/C17H21FO4/c1-3-7-13-14(19-10-12-8-5-4-6-9-12)15-16(20-13)22-17(2,11-18)21-15/h3-6,8-9,13-16H,1,7,10-11H2,2H3/t13-,14+,15-,16-,17?/m1/s1.